The summed E-state index contributed by atoms with van der Waals surface area (Å²) in [6.07, 6.45) is 15.7. The Kier molecular flexibility index (Phi) is 4.80. The zero-order valence-corrected chi connectivity index (χ0v) is 18.5. The fourth-order valence-corrected chi connectivity index (χ4v) is 5.27. The SMILES string of the molecule is COc1nc(C2=CC3C(C=CC4C=CC=CC43)c3ccccc32)nc(-c2ccc(O)cc2O)n1. The molecule has 0 aliphatic heterocycles. The second kappa shape index (κ2) is 7.99. The Bertz CT molecular complexity index is 1410. The van der Waals surface area contributed by atoms with Gasteiger partial charge >= 0.3 is 6.01 Å². The van der Waals surface area contributed by atoms with Gasteiger partial charge in [-0.3, -0.25) is 0 Å². The number of benzene rings is 2. The van der Waals surface area contributed by atoms with Crippen LogP contribution in [0.2, 0.25) is 0 Å². The molecule has 3 aromatic rings. The fourth-order valence-electron chi connectivity index (χ4n) is 5.27. The number of rotatable bonds is 3. The molecule has 0 amide bonds. The molecule has 3 aliphatic rings. The Morgan fingerprint density at radius 3 is 2.47 bits per heavy atom. The predicted molar refractivity (Wildman–Crippen MR) is 129 cm³/mol. The third-order valence-electron chi connectivity index (χ3n) is 6.85. The molecule has 0 saturated heterocycles. The minimum atomic E-state index is -0.114. The zero-order valence-electron chi connectivity index (χ0n) is 18.5. The number of phenols is 2. The summed E-state index contributed by atoms with van der Waals surface area (Å²) in [5.41, 5.74) is 3.64. The first kappa shape index (κ1) is 20.4. The maximum atomic E-state index is 10.4. The van der Waals surface area contributed by atoms with Gasteiger partial charge in [-0.15, -0.1) is 0 Å². The largest absolute Gasteiger partial charge is 0.508 e. The second-order valence-corrected chi connectivity index (χ2v) is 8.75. The van der Waals surface area contributed by atoms with E-state index in [4.69, 9.17) is 9.72 Å². The number of nitrogens with zero attached hydrogens (tertiary/aromatic N) is 3. The number of methoxy groups -OCH3 is 1. The molecule has 168 valence electrons. The number of aromatic hydroxyl groups is 2. The van der Waals surface area contributed by atoms with E-state index in [1.807, 2.05) is 6.07 Å². The molecule has 1 heterocycles. The summed E-state index contributed by atoms with van der Waals surface area (Å²) in [4.78, 5) is 13.7. The number of hydrogen-bond acceptors (Lipinski definition) is 6. The van der Waals surface area contributed by atoms with Crippen LogP contribution in [0.3, 0.4) is 0 Å². The second-order valence-electron chi connectivity index (χ2n) is 8.75. The molecule has 0 spiro atoms. The first-order valence-electron chi connectivity index (χ1n) is 11.3. The van der Waals surface area contributed by atoms with Crippen LogP contribution in [-0.2, 0) is 0 Å². The highest BCUT2D eigenvalue weighted by molar-refractivity contribution is 5.82. The molecular weight excluding hydrogens is 426 g/mol. The Morgan fingerprint density at radius 2 is 1.62 bits per heavy atom. The van der Waals surface area contributed by atoms with Gasteiger partial charge in [0, 0.05) is 23.5 Å². The van der Waals surface area contributed by atoms with Gasteiger partial charge in [0.2, 0.25) is 0 Å². The van der Waals surface area contributed by atoms with E-state index in [0.29, 0.717) is 23.2 Å². The lowest BCUT2D eigenvalue weighted by atomic mass is 9.63. The molecule has 0 fully saturated rings. The number of fused-ring (bicyclic) bond motifs is 5. The molecule has 6 nitrogen and oxygen atoms in total. The highest BCUT2D eigenvalue weighted by Gasteiger charge is 2.38. The molecule has 3 aliphatic carbocycles. The Hall–Kier alpha value is -4.19. The van der Waals surface area contributed by atoms with Crippen molar-refractivity contribution < 1.29 is 14.9 Å². The van der Waals surface area contributed by atoms with Gasteiger partial charge in [-0.2, -0.15) is 9.97 Å². The van der Waals surface area contributed by atoms with Gasteiger partial charge < -0.3 is 14.9 Å². The topological polar surface area (TPSA) is 88.4 Å². The van der Waals surface area contributed by atoms with Crippen molar-refractivity contribution in [2.75, 3.05) is 7.11 Å². The molecule has 4 unspecified atom stereocenters. The fraction of sp³-hybridized carbons (Fsp3) is 0.179. The van der Waals surface area contributed by atoms with E-state index in [0.717, 1.165) is 11.1 Å². The van der Waals surface area contributed by atoms with Crippen LogP contribution in [0, 0.1) is 17.8 Å². The van der Waals surface area contributed by atoms with Crippen LogP contribution in [0.15, 0.2) is 85.0 Å². The Balaban J connectivity index is 1.53. The normalized spacial score (nSPS) is 24.1. The summed E-state index contributed by atoms with van der Waals surface area (Å²) in [5.74, 6) is 1.88. The summed E-state index contributed by atoms with van der Waals surface area (Å²) in [6.45, 7) is 0. The van der Waals surface area contributed by atoms with Crippen molar-refractivity contribution in [2.45, 2.75) is 5.92 Å². The lowest BCUT2D eigenvalue weighted by Crippen LogP contribution is -2.31. The Morgan fingerprint density at radius 1 is 0.794 bits per heavy atom. The van der Waals surface area contributed by atoms with Crippen LogP contribution >= 0.6 is 0 Å². The van der Waals surface area contributed by atoms with Gasteiger partial charge in [0.1, 0.15) is 11.5 Å². The molecule has 34 heavy (non-hydrogen) atoms. The van der Waals surface area contributed by atoms with Gasteiger partial charge in [0.25, 0.3) is 0 Å². The summed E-state index contributed by atoms with van der Waals surface area (Å²) in [5, 5.41) is 20.1. The van der Waals surface area contributed by atoms with Crippen LogP contribution in [0.4, 0.5) is 0 Å². The van der Waals surface area contributed by atoms with Gasteiger partial charge in [-0.1, -0.05) is 66.8 Å². The van der Waals surface area contributed by atoms with Crippen molar-refractivity contribution in [3.05, 3.63) is 102 Å². The van der Waals surface area contributed by atoms with Crippen molar-refractivity contribution in [3.63, 3.8) is 0 Å². The lowest BCUT2D eigenvalue weighted by molar-refractivity contribution is 0.362. The number of aromatic nitrogens is 3. The van der Waals surface area contributed by atoms with Crippen LogP contribution in [0.5, 0.6) is 17.5 Å². The molecule has 4 atom stereocenters. The van der Waals surface area contributed by atoms with E-state index in [2.05, 4.69) is 70.7 Å². The molecule has 6 heteroatoms. The summed E-state index contributed by atoms with van der Waals surface area (Å²) in [6, 6.07) is 12.9. The lowest BCUT2D eigenvalue weighted by Gasteiger charge is -2.40. The molecular formula is C28H23N3O3. The quantitative estimate of drug-likeness (QED) is 0.545. The standard InChI is InChI=1S/C28H23N3O3/c1-34-28-30-26(22-13-11-17(32)14-25(22)33)29-27(31-28)24-15-23-18-7-3-2-6-16(18)10-12-21(23)19-8-4-5-9-20(19)24/h2-16,18,21,23,32-33H,1H3. The van der Waals surface area contributed by atoms with Crippen molar-refractivity contribution in [2.24, 2.45) is 17.8 Å². The van der Waals surface area contributed by atoms with Gasteiger partial charge in [0.15, 0.2) is 11.6 Å². The van der Waals surface area contributed by atoms with E-state index >= 15 is 0 Å². The first-order valence-corrected chi connectivity index (χ1v) is 11.3. The molecule has 0 radical (unpaired) electrons. The van der Waals surface area contributed by atoms with Crippen molar-refractivity contribution >= 4 is 5.57 Å². The van der Waals surface area contributed by atoms with Crippen LogP contribution in [0.25, 0.3) is 17.0 Å². The van der Waals surface area contributed by atoms with Crippen LogP contribution < -0.4 is 4.74 Å². The molecule has 6 rings (SSSR count). The van der Waals surface area contributed by atoms with Crippen molar-refractivity contribution in [1.82, 2.24) is 15.0 Å². The highest BCUT2D eigenvalue weighted by Crippen LogP contribution is 2.49. The van der Waals surface area contributed by atoms with Crippen LogP contribution in [-0.4, -0.2) is 32.3 Å². The molecule has 1 aromatic heterocycles. The minimum Gasteiger partial charge on any atom is -0.508 e. The maximum absolute atomic E-state index is 10.4. The smallest absolute Gasteiger partial charge is 0.320 e. The van der Waals surface area contributed by atoms with Crippen LogP contribution in [0.1, 0.15) is 22.9 Å². The molecule has 0 bridgehead atoms. The predicted octanol–water partition coefficient (Wildman–Crippen LogP) is 5.03. The van der Waals surface area contributed by atoms with E-state index in [1.165, 1.54) is 24.8 Å². The Labute approximate surface area is 197 Å². The zero-order chi connectivity index (χ0) is 23.2. The van der Waals surface area contributed by atoms with E-state index in [9.17, 15) is 10.2 Å². The number of ether oxygens (including phenoxy) is 1. The van der Waals surface area contributed by atoms with Gasteiger partial charge in [-0.05, 0) is 35.1 Å². The third-order valence-corrected chi connectivity index (χ3v) is 6.85. The molecule has 2 aromatic carbocycles. The minimum absolute atomic E-state index is 0.0352. The van der Waals surface area contributed by atoms with E-state index in [-0.39, 0.29) is 35.2 Å². The maximum Gasteiger partial charge on any atom is 0.320 e. The van der Waals surface area contributed by atoms with Crippen molar-refractivity contribution in [3.8, 4) is 28.9 Å². The molecule has 2 N–H and O–H groups in total. The van der Waals surface area contributed by atoms with Gasteiger partial charge in [-0.25, -0.2) is 4.98 Å². The summed E-state index contributed by atoms with van der Waals surface area (Å²) < 4.78 is 5.40. The van der Waals surface area contributed by atoms with Crippen molar-refractivity contribution in [1.29, 1.82) is 0 Å². The van der Waals surface area contributed by atoms with E-state index in [1.54, 1.807) is 6.07 Å². The highest BCUT2D eigenvalue weighted by atomic mass is 16.5. The average molecular weight is 450 g/mol. The first-order chi connectivity index (χ1) is 16.6. The number of allylic oxidation sites excluding steroid dienone is 7. The summed E-state index contributed by atoms with van der Waals surface area (Å²) in [7, 11) is 1.51. The molecule has 0 saturated carbocycles. The number of hydrogen-bond donors (Lipinski definition) is 2. The monoisotopic (exact) mass is 449 g/mol. The van der Waals surface area contributed by atoms with E-state index < -0.39 is 0 Å². The van der Waals surface area contributed by atoms with Gasteiger partial charge in [0.05, 0.1) is 12.7 Å². The summed E-state index contributed by atoms with van der Waals surface area (Å²) >= 11 is 0. The third kappa shape index (κ3) is 3.30. The number of phenolic OH excluding ortho intramolecular Hbond substituents is 2. The average Bonchev–Trinajstić information content (AvgIpc) is 2.87.